The van der Waals surface area contributed by atoms with Crippen LogP contribution in [0.4, 0.5) is 0 Å². The summed E-state index contributed by atoms with van der Waals surface area (Å²) in [6.45, 7) is 11.8. The number of allylic oxidation sites excluding steroid dienone is 6. The van der Waals surface area contributed by atoms with Crippen molar-refractivity contribution in [3.8, 4) is 5.88 Å². The van der Waals surface area contributed by atoms with Gasteiger partial charge in [0.15, 0.2) is 0 Å². The maximum Gasteiger partial charge on any atom is 0.219 e. The van der Waals surface area contributed by atoms with E-state index >= 15 is 0 Å². The Balaban J connectivity index is 2.00. The molecule has 0 spiro atoms. The molecule has 2 aliphatic rings. The van der Waals surface area contributed by atoms with E-state index in [1.54, 1.807) is 31.6 Å². The van der Waals surface area contributed by atoms with Crippen molar-refractivity contribution in [3.63, 3.8) is 0 Å². The van der Waals surface area contributed by atoms with Crippen LogP contribution in [0.2, 0.25) is 0 Å². The maximum atomic E-state index is 5.83. The van der Waals surface area contributed by atoms with Gasteiger partial charge in [0.25, 0.3) is 0 Å². The van der Waals surface area contributed by atoms with Gasteiger partial charge in [-0.05, 0) is 68.9 Å². The van der Waals surface area contributed by atoms with E-state index in [9.17, 15) is 0 Å². The Hall–Kier alpha value is -3.55. The van der Waals surface area contributed by atoms with Gasteiger partial charge in [-0.3, -0.25) is 9.98 Å². The van der Waals surface area contributed by atoms with Gasteiger partial charge in [-0.1, -0.05) is 18.7 Å². The molecule has 7 heteroatoms. The van der Waals surface area contributed by atoms with E-state index in [4.69, 9.17) is 15.2 Å². The van der Waals surface area contributed by atoms with Crippen molar-refractivity contribution in [1.82, 2.24) is 9.88 Å². The minimum atomic E-state index is 0.206. The van der Waals surface area contributed by atoms with Crippen molar-refractivity contribution in [2.24, 2.45) is 21.6 Å². The fourth-order valence-electron chi connectivity index (χ4n) is 4.22. The predicted octanol–water partition coefficient (Wildman–Crippen LogP) is 4.21. The molecule has 3 rings (SSSR count). The molecule has 1 fully saturated rings. The lowest BCUT2D eigenvalue weighted by atomic mass is 9.82. The van der Waals surface area contributed by atoms with Crippen LogP contribution in [0.3, 0.4) is 0 Å². The Kier molecular flexibility index (Phi) is 8.90. The van der Waals surface area contributed by atoms with E-state index in [0.29, 0.717) is 23.3 Å². The van der Waals surface area contributed by atoms with Crippen LogP contribution < -0.4 is 10.5 Å². The highest BCUT2D eigenvalue weighted by Crippen LogP contribution is 2.35. The van der Waals surface area contributed by atoms with Crippen molar-refractivity contribution in [2.45, 2.75) is 13.3 Å². The molecule has 1 aliphatic heterocycles. The van der Waals surface area contributed by atoms with Gasteiger partial charge in [0, 0.05) is 42.2 Å². The molecule has 1 saturated heterocycles. The van der Waals surface area contributed by atoms with E-state index in [-0.39, 0.29) is 6.67 Å². The zero-order valence-corrected chi connectivity index (χ0v) is 20.2. The SMILES string of the molecule is C=N/C=C1C=C(C(=C/C)/C(=C\C(=C)Oc2ccccn2)OC)C=C(C2CCN(C)C2)C/1=NCN. The average molecular weight is 460 g/mol. The summed E-state index contributed by atoms with van der Waals surface area (Å²) in [6, 6.07) is 5.46. The number of nitrogens with two attached hydrogens (primary N) is 1. The Bertz CT molecular complexity index is 1090. The topological polar surface area (TPSA) is 85.3 Å². The fraction of sp³-hybridized carbons (Fsp3) is 0.296. The summed E-state index contributed by atoms with van der Waals surface area (Å²) in [7, 11) is 3.77. The fourth-order valence-corrected chi connectivity index (χ4v) is 4.22. The molecule has 0 amide bonds. The highest BCUT2D eigenvalue weighted by molar-refractivity contribution is 6.16. The number of likely N-dealkylation sites (tertiary alicyclic amines) is 1. The molecule has 2 heterocycles. The van der Waals surface area contributed by atoms with E-state index in [1.807, 2.05) is 31.2 Å². The van der Waals surface area contributed by atoms with Crippen LogP contribution in [0, 0.1) is 5.92 Å². The first kappa shape index (κ1) is 25.1. The van der Waals surface area contributed by atoms with Crippen LogP contribution in [0.5, 0.6) is 5.88 Å². The van der Waals surface area contributed by atoms with Gasteiger partial charge >= 0.3 is 0 Å². The van der Waals surface area contributed by atoms with Crippen LogP contribution >= 0.6 is 0 Å². The van der Waals surface area contributed by atoms with Gasteiger partial charge in [-0.2, -0.15) is 0 Å². The zero-order valence-electron chi connectivity index (χ0n) is 20.2. The normalized spacial score (nSPS) is 21.9. The molecule has 178 valence electrons. The standard InChI is InChI=1S/C27H33N5O2/c1-6-23(25(33-5)13-19(2)34-26-9-7-8-11-30-26)21-14-22(16-29-3)27(31-18-28)24(15-21)20-10-12-32(4)17-20/h6-9,11,13-16,20H,2-3,10,12,17-18,28H2,1,4-5H3/b22-16-,23-6-,25-13+,31-27?. The molecule has 1 aliphatic carbocycles. The largest absolute Gasteiger partial charge is 0.496 e. The molecule has 1 aromatic rings. The lowest BCUT2D eigenvalue weighted by Crippen LogP contribution is -2.22. The number of rotatable bonds is 9. The van der Waals surface area contributed by atoms with Crippen LogP contribution in [0.15, 0.2) is 105 Å². The van der Waals surface area contributed by atoms with Crippen molar-refractivity contribution in [3.05, 3.63) is 95.3 Å². The third kappa shape index (κ3) is 6.07. The predicted molar refractivity (Wildman–Crippen MR) is 139 cm³/mol. The number of aliphatic imine (C=N–C) groups is 2. The first-order chi connectivity index (χ1) is 16.5. The van der Waals surface area contributed by atoms with Crippen LogP contribution in [-0.2, 0) is 4.74 Å². The molecule has 1 atom stereocenters. The molecule has 0 bridgehead atoms. The third-order valence-corrected chi connectivity index (χ3v) is 5.73. The van der Waals surface area contributed by atoms with Gasteiger partial charge < -0.3 is 20.1 Å². The molecule has 0 aromatic carbocycles. The Morgan fingerprint density at radius 2 is 2.18 bits per heavy atom. The van der Waals surface area contributed by atoms with Gasteiger partial charge in [-0.25, -0.2) is 4.98 Å². The number of methoxy groups -OCH3 is 1. The number of hydrogen-bond acceptors (Lipinski definition) is 7. The zero-order chi connectivity index (χ0) is 24.5. The summed E-state index contributed by atoms with van der Waals surface area (Å²) < 4.78 is 11.5. The molecule has 2 N–H and O–H groups in total. The van der Waals surface area contributed by atoms with Crippen molar-refractivity contribution < 1.29 is 9.47 Å². The minimum absolute atomic E-state index is 0.206. The molecule has 1 unspecified atom stereocenters. The number of aromatic nitrogens is 1. The second kappa shape index (κ2) is 12.1. The van der Waals surface area contributed by atoms with Crippen molar-refractivity contribution in [1.29, 1.82) is 0 Å². The van der Waals surface area contributed by atoms with Crippen LogP contribution in [0.1, 0.15) is 13.3 Å². The van der Waals surface area contributed by atoms with E-state index in [2.05, 4.69) is 46.3 Å². The molecule has 0 radical (unpaired) electrons. The second-order valence-electron chi connectivity index (χ2n) is 8.05. The van der Waals surface area contributed by atoms with Crippen LogP contribution in [-0.4, -0.2) is 56.2 Å². The summed E-state index contributed by atoms with van der Waals surface area (Å²) >= 11 is 0. The maximum absolute atomic E-state index is 5.83. The van der Waals surface area contributed by atoms with Gasteiger partial charge in [-0.15, -0.1) is 0 Å². The summed E-state index contributed by atoms with van der Waals surface area (Å²) in [4.78, 5) is 15.2. The highest BCUT2D eigenvalue weighted by Gasteiger charge is 2.30. The monoisotopic (exact) mass is 459 g/mol. The lowest BCUT2D eigenvalue weighted by Gasteiger charge is -2.25. The summed E-state index contributed by atoms with van der Waals surface area (Å²) in [5, 5.41) is 0. The minimum Gasteiger partial charge on any atom is -0.496 e. The first-order valence-electron chi connectivity index (χ1n) is 11.2. The molecule has 1 aromatic heterocycles. The average Bonchev–Trinajstić information content (AvgIpc) is 3.27. The van der Waals surface area contributed by atoms with Crippen LogP contribution in [0.25, 0.3) is 0 Å². The number of pyridine rings is 1. The van der Waals surface area contributed by atoms with Gasteiger partial charge in [0.05, 0.1) is 19.5 Å². The smallest absolute Gasteiger partial charge is 0.219 e. The number of nitrogens with zero attached hydrogens (tertiary/aromatic N) is 4. The van der Waals surface area contributed by atoms with Crippen molar-refractivity contribution in [2.75, 3.05) is 33.9 Å². The van der Waals surface area contributed by atoms with Gasteiger partial charge in [0.1, 0.15) is 11.5 Å². The number of ether oxygens (including phenoxy) is 2. The number of hydrogen-bond donors (Lipinski definition) is 1. The quantitative estimate of drug-likeness (QED) is 0.340. The summed E-state index contributed by atoms with van der Waals surface area (Å²) in [5.41, 5.74) is 10.6. The molecule has 7 nitrogen and oxygen atoms in total. The third-order valence-electron chi connectivity index (χ3n) is 5.73. The van der Waals surface area contributed by atoms with E-state index in [1.165, 1.54) is 0 Å². The lowest BCUT2D eigenvalue weighted by molar-refractivity contribution is 0.298. The molecular weight excluding hydrogens is 426 g/mol. The van der Waals surface area contributed by atoms with Gasteiger partial charge in [0.2, 0.25) is 5.88 Å². The Morgan fingerprint density at radius 3 is 2.76 bits per heavy atom. The molecule has 0 saturated carbocycles. The Morgan fingerprint density at radius 1 is 1.35 bits per heavy atom. The van der Waals surface area contributed by atoms with Crippen molar-refractivity contribution >= 4 is 12.4 Å². The Labute approximate surface area is 202 Å². The summed E-state index contributed by atoms with van der Waals surface area (Å²) in [6.07, 6.45) is 12.4. The first-order valence-corrected chi connectivity index (χ1v) is 11.2. The molecule has 34 heavy (non-hydrogen) atoms. The molecular formula is C27H33N5O2. The van der Waals surface area contributed by atoms with E-state index < -0.39 is 0 Å². The summed E-state index contributed by atoms with van der Waals surface area (Å²) in [5.74, 6) is 1.86. The second-order valence-corrected chi connectivity index (χ2v) is 8.05. The van der Waals surface area contributed by atoms with E-state index in [0.717, 1.165) is 47.5 Å². The highest BCUT2D eigenvalue weighted by atomic mass is 16.5.